The van der Waals surface area contributed by atoms with E-state index in [-0.39, 0.29) is 0 Å². The predicted octanol–water partition coefficient (Wildman–Crippen LogP) is 1.94. The number of rotatable bonds is 2. The lowest BCUT2D eigenvalue weighted by Gasteiger charge is -2.22. The average Bonchev–Trinajstić information content (AvgIpc) is 2.30. The van der Waals surface area contributed by atoms with Crippen LogP contribution >= 0.6 is 0 Å². The van der Waals surface area contributed by atoms with Crippen molar-refractivity contribution in [3.05, 3.63) is 24.0 Å². The molecule has 1 aromatic rings. The molecule has 0 radical (unpaired) electrons. The first-order chi connectivity index (χ1) is 6.90. The van der Waals surface area contributed by atoms with Crippen LogP contribution in [-0.2, 0) is 0 Å². The van der Waals surface area contributed by atoms with Crippen LogP contribution in [0.2, 0.25) is 0 Å². The first kappa shape index (κ1) is 9.46. The molecule has 14 heavy (non-hydrogen) atoms. The fourth-order valence-electron chi connectivity index (χ4n) is 1.86. The maximum atomic E-state index is 4.45. The van der Waals surface area contributed by atoms with Gasteiger partial charge in [-0.05, 0) is 31.5 Å². The molecule has 2 rings (SSSR count). The number of nitrogens with one attached hydrogen (secondary N) is 2. The highest BCUT2D eigenvalue weighted by Crippen LogP contribution is 2.21. The van der Waals surface area contributed by atoms with E-state index in [1.165, 1.54) is 25.0 Å². The minimum Gasteiger partial charge on any atom is -0.387 e. The summed E-state index contributed by atoms with van der Waals surface area (Å²) in [6, 6.07) is 4.66. The summed E-state index contributed by atoms with van der Waals surface area (Å²) in [7, 11) is 1.91. The van der Waals surface area contributed by atoms with Gasteiger partial charge in [0.05, 0.1) is 17.6 Å². The van der Waals surface area contributed by atoms with Gasteiger partial charge in [0.15, 0.2) is 0 Å². The Morgan fingerprint density at radius 2 is 2.36 bits per heavy atom. The number of nitrogens with zero attached hydrogens (tertiary/aromatic N) is 1. The lowest BCUT2D eigenvalue weighted by Crippen LogP contribution is -2.27. The van der Waals surface area contributed by atoms with Crippen LogP contribution in [0.25, 0.3) is 0 Å². The fraction of sp³-hybridized carbons (Fsp3) is 0.545. The van der Waals surface area contributed by atoms with Crippen molar-refractivity contribution in [2.45, 2.75) is 25.3 Å². The highest BCUT2D eigenvalue weighted by atomic mass is 15.0. The van der Waals surface area contributed by atoms with Crippen molar-refractivity contribution < 1.29 is 0 Å². The van der Waals surface area contributed by atoms with Crippen LogP contribution in [0.4, 0.5) is 5.69 Å². The van der Waals surface area contributed by atoms with Crippen molar-refractivity contribution in [1.82, 2.24) is 10.3 Å². The minimum atomic E-state index is 0.467. The van der Waals surface area contributed by atoms with Crippen molar-refractivity contribution >= 4 is 5.69 Å². The molecule has 1 aromatic heterocycles. The second-order valence-electron chi connectivity index (χ2n) is 3.72. The zero-order chi connectivity index (χ0) is 9.80. The largest absolute Gasteiger partial charge is 0.387 e. The Bertz CT molecular complexity index is 275. The van der Waals surface area contributed by atoms with Crippen molar-refractivity contribution in [3.63, 3.8) is 0 Å². The van der Waals surface area contributed by atoms with Gasteiger partial charge in [0.25, 0.3) is 0 Å². The molecule has 1 aliphatic rings. The lowest BCUT2D eigenvalue weighted by molar-refractivity contribution is 0.405. The van der Waals surface area contributed by atoms with Crippen molar-refractivity contribution in [3.8, 4) is 0 Å². The summed E-state index contributed by atoms with van der Waals surface area (Å²) < 4.78 is 0. The van der Waals surface area contributed by atoms with Gasteiger partial charge in [-0.1, -0.05) is 6.42 Å². The molecule has 0 unspecified atom stereocenters. The zero-order valence-corrected chi connectivity index (χ0v) is 8.59. The molecule has 3 heteroatoms. The molecule has 1 fully saturated rings. The molecule has 3 nitrogen and oxygen atoms in total. The monoisotopic (exact) mass is 191 g/mol. The molecule has 0 aliphatic carbocycles. The summed E-state index contributed by atoms with van der Waals surface area (Å²) in [5.74, 6) is 0. The van der Waals surface area contributed by atoms with Gasteiger partial charge in [0.2, 0.25) is 0 Å². The molecular weight excluding hydrogens is 174 g/mol. The quantitative estimate of drug-likeness (QED) is 0.750. The smallest absolute Gasteiger partial charge is 0.0574 e. The van der Waals surface area contributed by atoms with Gasteiger partial charge in [0, 0.05) is 13.1 Å². The maximum absolute atomic E-state index is 4.45. The first-order valence-corrected chi connectivity index (χ1v) is 5.27. The minimum absolute atomic E-state index is 0.467. The highest BCUT2D eigenvalue weighted by Gasteiger charge is 2.15. The summed E-state index contributed by atoms with van der Waals surface area (Å²) in [5.41, 5.74) is 2.24. The third kappa shape index (κ3) is 2.04. The number of aromatic nitrogens is 1. The summed E-state index contributed by atoms with van der Waals surface area (Å²) in [4.78, 5) is 4.45. The Morgan fingerprint density at radius 1 is 1.43 bits per heavy atom. The topological polar surface area (TPSA) is 37.0 Å². The molecule has 1 atom stereocenters. The standard InChI is InChI=1S/C11H17N3/c1-12-9-5-6-11(14-8-9)10-4-2-3-7-13-10/h5-6,8,10,12-13H,2-4,7H2,1H3/t10-/m0/s1. The van der Waals surface area contributed by atoms with Crippen LogP contribution in [0, 0.1) is 0 Å². The normalized spacial score (nSPS) is 21.9. The molecule has 2 N–H and O–H groups in total. The molecule has 0 saturated carbocycles. The van der Waals surface area contributed by atoms with E-state index in [1.807, 2.05) is 13.2 Å². The lowest BCUT2D eigenvalue weighted by atomic mass is 10.0. The van der Waals surface area contributed by atoms with E-state index in [0.717, 1.165) is 12.2 Å². The number of hydrogen-bond donors (Lipinski definition) is 2. The Labute approximate surface area is 84.9 Å². The molecule has 1 saturated heterocycles. The van der Waals surface area contributed by atoms with Crippen LogP contribution in [0.15, 0.2) is 18.3 Å². The molecule has 0 aromatic carbocycles. The molecular formula is C11H17N3. The molecule has 1 aliphatic heterocycles. The van der Waals surface area contributed by atoms with Crippen LogP contribution in [0.5, 0.6) is 0 Å². The number of anilines is 1. The van der Waals surface area contributed by atoms with Crippen molar-refractivity contribution in [2.24, 2.45) is 0 Å². The molecule has 0 bridgehead atoms. The highest BCUT2D eigenvalue weighted by molar-refractivity contribution is 5.40. The van der Waals surface area contributed by atoms with E-state index in [9.17, 15) is 0 Å². The Balaban J connectivity index is 2.07. The Morgan fingerprint density at radius 3 is 2.93 bits per heavy atom. The summed E-state index contributed by atoms with van der Waals surface area (Å²) in [6.07, 6.45) is 5.72. The van der Waals surface area contributed by atoms with Crippen LogP contribution in [0.1, 0.15) is 31.0 Å². The van der Waals surface area contributed by atoms with E-state index in [4.69, 9.17) is 0 Å². The van der Waals surface area contributed by atoms with E-state index < -0.39 is 0 Å². The van der Waals surface area contributed by atoms with Crippen molar-refractivity contribution in [2.75, 3.05) is 18.9 Å². The summed E-state index contributed by atoms with van der Waals surface area (Å²) in [5, 5.41) is 6.56. The van der Waals surface area contributed by atoms with E-state index in [2.05, 4.69) is 27.8 Å². The first-order valence-electron chi connectivity index (χ1n) is 5.27. The zero-order valence-electron chi connectivity index (χ0n) is 8.59. The number of piperidine rings is 1. The summed E-state index contributed by atoms with van der Waals surface area (Å²) >= 11 is 0. The Hall–Kier alpha value is -1.09. The molecule has 0 spiro atoms. The third-order valence-corrected chi connectivity index (χ3v) is 2.74. The maximum Gasteiger partial charge on any atom is 0.0574 e. The average molecular weight is 191 g/mol. The van der Waals surface area contributed by atoms with Gasteiger partial charge in [-0.25, -0.2) is 0 Å². The van der Waals surface area contributed by atoms with Gasteiger partial charge in [-0.2, -0.15) is 0 Å². The van der Waals surface area contributed by atoms with Gasteiger partial charge >= 0.3 is 0 Å². The Kier molecular flexibility index (Phi) is 2.99. The SMILES string of the molecule is CNc1ccc([C@@H]2CCCCN2)nc1. The van der Waals surface area contributed by atoms with E-state index in [1.54, 1.807) is 0 Å². The fourth-order valence-corrected chi connectivity index (χ4v) is 1.86. The van der Waals surface area contributed by atoms with Crippen molar-refractivity contribution in [1.29, 1.82) is 0 Å². The van der Waals surface area contributed by atoms with E-state index >= 15 is 0 Å². The number of pyridine rings is 1. The van der Waals surface area contributed by atoms with Crippen LogP contribution in [0.3, 0.4) is 0 Å². The van der Waals surface area contributed by atoms with Crippen LogP contribution < -0.4 is 10.6 Å². The molecule has 2 heterocycles. The molecule has 0 amide bonds. The van der Waals surface area contributed by atoms with E-state index in [0.29, 0.717) is 6.04 Å². The van der Waals surface area contributed by atoms with Gasteiger partial charge < -0.3 is 10.6 Å². The van der Waals surface area contributed by atoms with Gasteiger partial charge in [-0.15, -0.1) is 0 Å². The van der Waals surface area contributed by atoms with Crippen LogP contribution in [-0.4, -0.2) is 18.6 Å². The second kappa shape index (κ2) is 4.42. The molecule has 76 valence electrons. The second-order valence-corrected chi connectivity index (χ2v) is 3.72. The predicted molar refractivity (Wildman–Crippen MR) is 58.4 cm³/mol. The van der Waals surface area contributed by atoms with Gasteiger partial charge in [0.1, 0.15) is 0 Å². The van der Waals surface area contributed by atoms with Gasteiger partial charge in [-0.3, -0.25) is 4.98 Å². The third-order valence-electron chi connectivity index (χ3n) is 2.74. The number of hydrogen-bond acceptors (Lipinski definition) is 3. The summed E-state index contributed by atoms with van der Waals surface area (Å²) in [6.45, 7) is 1.13.